The molecule has 29 heavy (non-hydrogen) atoms. The zero-order chi connectivity index (χ0) is 20.8. The molecule has 1 aromatic carbocycles. The van der Waals surface area contributed by atoms with Crippen LogP contribution in [0.4, 0.5) is 21.6 Å². The van der Waals surface area contributed by atoms with Crippen LogP contribution in [0.25, 0.3) is 0 Å². The summed E-state index contributed by atoms with van der Waals surface area (Å²) in [5, 5.41) is 15.2. The molecule has 9 nitrogen and oxygen atoms in total. The highest BCUT2D eigenvalue weighted by Crippen LogP contribution is 2.38. The number of carbonyl (C=O) groups is 1. The van der Waals surface area contributed by atoms with E-state index in [0.717, 1.165) is 25.9 Å². The second kappa shape index (κ2) is 9.37. The van der Waals surface area contributed by atoms with Crippen LogP contribution in [0.2, 0.25) is 0 Å². The van der Waals surface area contributed by atoms with E-state index in [0.29, 0.717) is 12.1 Å². The normalized spacial score (nSPS) is 15.5. The summed E-state index contributed by atoms with van der Waals surface area (Å²) in [4.78, 5) is 32.0. The molecule has 1 atom stereocenters. The van der Waals surface area contributed by atoms with Crippen molar-refractivity contribution in [2.75, 3.05) is 25.0 Å². The van der Waals surface area contributed by atoms with E-state index < -0.39 is 16.8 Å². The van der Waals surface area contributed by atoms with Gasteiger partial charge >= 0.3 is 5.69 Å². The molecule has 3 rings (SSSR count). The molecule has 0 bridgehead atoms. The van der Waals surface area contributed by atoms with Gasteiger partial charge in [0.05, 0.1) is 4.92 Å². The van der Waals surface area contributed by atoms with Gasteiger partial charge in [0.15, 0.2) is 11.8 Å². The smallest absolute Gasteiger partial charge is 0.337 e. The Kier molecular flexibility index (Phi) is 6.65. The molecule has 1 aliphatic heterocycles. The highest BCUT2D eigenvalue weighted by atomic mass is 19.1. The average molecular weight is 403 g/mol. The van der Waals surface area contributed by atoms with Crippen LogP contribution in [-0.2, 0) is 9.53 Å². The summed E-state index contributed by atoms with van der Waals surface area (Å²) >= 11 is 0. The molecule has 2 aromatic rings. The van der Waals surface area contributed by atoms with E-state index in [2.05, 4.69) is 15.3 Å². The van der Waals surface area contributed by atoms with Crippen molar-refractivity contribution in [1.29, 1.82) is 0 Å². The van der Waals surface area contributed by atoms with E-state index in [1.54, 1.807) is 13.1 Å². The lowest BCUT2D eigenvalue weighted by Crippen LogP contribution is -2.29. The van der Waals surface area contributed by atoms with Gasteiger partial charge in [-0.3, -0.25) is 14.9 Å². The number of ether oxygens (including phenoxy) is 1. The third kappa shape index (κ3) is 4.83. The van der Waals surface area contributed by atoms with Crippen LogP contribution in [0.15, 0.2) is 30.6 Å². The molecule has 0 aliphatic carbocycles. The first-order chi connectivity index (χ1) is 14.0. The molecule has 2 heterocycles. The summed E-state index contributed by atoms with van der Waals surface area (Å²) in [6.45, 7) is 1.98. The summed E-state index contributed by atoms with van der Waals surface area (Å²) in [6, 6.07) is 5.65. The van der Waals surface area contributed by atoms with E-state index in [1.807, 2.05) is 0 Å². The molecule has 1 fully saturated rings. The lowest BCUT2D eigenvalue weighted by atomic mass is 9.90. The Bertz CT molecular complexity index is 875. The van der Waals surface area contributed by atoms with Crippen molar-refractivity contribution in [1.82, 2.24) is 15.3 Å². The molecule has 1 saturated heterocycles. The van der Waals surface area contributed by atoms with Crippen molar-refractivity contribution in [2.24, 2.45) is 5.92 Å². The van der Waals surface area contributed by atoms with Gasteiger partial charge in [0.25, 0.3) is 6.47 Å². The van der Waals surface area contributed by atoms with Crippen LogP contribution in [0.1, 0.15) is 31.1 Å². The largest absolute Gasteiger partial charge is 0.458 e. The van der Waals surface area contributed by atoms with Crippen LogP contribution in [0.3, 0.4) is 0 Å². The van der Waals surface area contributed by atoms with Crippen molar-refractivity contribution in [3.8, 4) is 0 Å². The molecule has 0 spiro atoms. The molecular weight excluding hydrogens is 381 g/mol. The maximum atomic E-state index is 13.6. The van der Waals surface area contributed by atoms with Gasteiger partial charge in [0.2, 0.25) is 5.82 Å². The molecule has 10 heteroatoms. The first-order valence-electron chi connectivity index (χ1n) is 9.29. The first-order valence-corrected chi connectivity index (χ1v) is 9.29. The minimum Gasteiger partial charge on any atom is -0.458 e. The lowest BCUT2D eigenvalue weighted by Gasteiger charge is -2.26. The van der Waals surface area contributed by atoms with E-state index in [9.17, 15) is 19.3 Å². The Hall–Kier alpha value is -3.14. The van der Waals surface area contributed by atoms with Crippen LogP contribution < -0.4 is 10.2 Å². The predicted octanol–water partition coefficient (Wildman–Crippen LogP) is 2.90. The number of nitro groups is 1. The molecule has 0 amide bonds. The molecule has 1 aliphatic rings. The highest BCUT2D eigenvalue weighted by Gasteiger charge is 2.33. The van der Waals surface area contributed by atoms with Crippen LogP contribution >= 0.6 is 0 Å². The second-order valence-electron chi connectivity index (χ2n) is 6.88. The van der Waals surface area contributed by atoms with Gasteiger partial charge in [-0.1, -0.05) is 6.07 Å². The van der Waals surface area contributed by atoms with E-state index >= 15 is 0 Å². The number of hydrogen-bond donors (Lipinski definition) is 1. The van der Waals surface area contributed by atoms with Gasteiger partial charge in [-0.2, -0.15) is 0 Å². The van der Waals surface area contributed by atoms with Gasteiger partial charge in [0.1, 0.15) is 12.1 Å². The van der Waals surface area contributed by atoms with Gasteiger partial charge < -0.3 is 15.0 Å². The number of piperidine rings is 1. The summed E-state index contributed by atoms with van der Waals surface area (Å²) in [5.41, 5.74) is 0.0675. The number of aromatic nitrogens is 2. The van der Waals surface area contributed by atoms with Gasteiger partial charge in [-0.05, 0) is 56.5 Å². The number of halogens is 1. The van der Waals surface area contributed by atoms with Crippen LogP contribution in [-0.4, -0.2) is 41.5 Å². The minimum absolute atomic E-state index is 0.00425. The van der Waals surface area contributed by atoms with Crippen molar-refractivity contribution >= 4 is 23.7 Å². The predicted molar refractivity (Wildman–Crippen MR) is 103 cm³/mol. The Morgan fingerprint density at radius 3 is 2.83 bits per heavy atom. The average Bonchev–Trinajstić information content (AvgIpc) is 2.73. The van der Waals surface area contributed by atoms with E-state index in [-0.39, 0.29) is 29.6 Å². The summed E-state index contributed by atoms with van der Waals surface area (Å²) < 4.78 is 18.8. The number of nitrogens with zero attached hydrogens (tertiary/aromatic N) is 4. The Morgan fingerprint density at radius 1 is 1.41 bits per heavy atom. The van der Waals surface area contributed by atoms with Crippen molar-refractivity contribution in [3.05, 3.63) is 52.2 Å². The minimum atomic E-state index is -0.862. The van der Waals surface area contributed by atoms with Gasteiger partial charge in [-0.15, -0.1) is 0 Å². The van der Waals surface area contributed by atoms with Crippen LogP contribution in [0.5, 0.6) is 0 Å². The number of benzene rings is 1. The number of anilines is 2. The number of hydrogen-bond acceptors (Lipinski definition) is 8. The third-order valence-electron chi connectivity index (χ3n) is 5.06. The third-order valence-corrected chi connectivity index (χ3v) is 5.06. The molecule has 0 saturated carbocycles. The fourth-order valence-corrected chi connectivity index (χ4v) is 3.56. The standard InChI is InChI=1S/C19H22FN5O4/c1-24(15-4-2-3-14(20)10-15)19-18(25(27)28)17(22-11-23-19)16(29-12-26)9-13-5-7-21-8-6-13/h2-4,10-13,16,21H,5-9H2,1H3. The van der Waals surface area contributed by atoms with Crippen molar-refractivity contribution < 1.29 is 18.8 Å². The quantitative estimate of drug-likeness (QED) is 0.407. The molecule has 1 unspecified atom stereocenters. The fraction of sp³-hybridized carbons (Fsp3) is 0.421. The summed E-state index contributed by atoms with van der Waals surface area (Å²) in [6.07, 6.45) is 2.53. The Balaban J connectivity index is 2.00. The second-order valence-corrected chi connectivity index (χ2v) is 6.88. The SMILES string of the molecule is CN(c1cccc(F)c1)c1ncnc(C(CC2CCNCC2)OC=O)c1[N+](=O)[O-]. The maximum absolute atomic E-state index is 13.6. The van der Waals surface area contributed by atoms with Crippen LogP contribution in [0, 0.1) is 21.8 Å². The van der Waals surface area contributed by atoms with E-state index in [4.69, 9.17) is 4.74 Å². The molecular formula is C19H22FN5O4. The highest BCUT2D eigenvalue weighted by molar-refractivity contribution is 5.69. The maximum Gasteiger partial charge on any atom is 0.337 e. The first kappa shape index (κ1) is 20.6. The van der Waals surface area contributed by atoms with Crippen molar-refractivity contribution in [2.45, 2.75) is 25.4 Å². The Labute approximate surface area is 167 Å². The fourth-order valence-electron chi connectivity index (χ4n) is 3.56. The van der Waals surface area contributed by atoms with Crippen molar-refractivity contribution in [3.63, 3.8) is 0 Å². The van der Waals surface area contributed by atoms with E-state index in [1.165, 1.54) is 29.4 Å². The topological polar surface area (TPSA) is 110 Å². The zero-order valence-electron chi connectivity index (χ0n) is 16.0. The molecule has 1 N–H and O–H groups in total. The molecule has 154 valence electrons. The molecule has 1 aromatic heterocycles. The molecule has 0 radical (unpaired) electrons. The zero-order valence-corrected chi connectivity index (χ0v) is 16.0. The summed E-state index contributed by atoms with van der Waals surface area (Å²) in [5.74, 6) is -0.227. The monoisotopic (exact) mass is 403 g/mol. The Morgan fingerprint density at radius 2 is 2.17 bits per heavy atom. The number of nitrogens with one attached hydrogen (secondary N) is 1. The number of carbonyl (C=O) groups excluding carboxylic acids is 1. The van der Waals surface area contributed by atoms with Gasteiger partial charge in [-0.25, -0.2) is 14.4 Å². The van der Waals surface area contributed by atoms with Gasteiger partial charge in [0, 0.05) is 12.7 Å². The number of rotatable bonds is 8. The lowest BCUT2D eigenvalue weighted by molar-refractivity contribution is -0.385. The summed E-state index contributed by atoms with van der Waals surface area (Å²) in [7, 11) is 1.55.